The molecule has 1 saturated carbocycles. The lowest BCUT2D eigenvalue weighted by molar-refractivity contribution is -0.190. The number of benzene rings is 2. The summed E-state index contributed by atoms with van der Waals surface area (Å²) in [6, 6.07) is 16.0. The molecule has 152 valence electrons. The molecule has 29 heavy (non-hydrogen) atoms. The highest BCUT2D eigenvalue weighted by molar-refractivity contribution is 5.79. The standard InChI is InChI=1S/C22H21F3N2O2/c23-22(24,25)21-10-20(21,11-26-13-21)12-27-19(28)29-9-18-16-7-3-1-5-14(16)15-6-2-4-8-17(15)18/h1-8,18,26H,9-13H2,(H,27,28)/t20-,21-/m0/s1. The van der Waals surface area contributed by atoms with Crippen molar-refractivity contribution in [3.8, 4) is 11.1 Å². The average molecular weight is 402 g/mol. The number of hydrogen-bond acceptors (Lipinski definition) is 3. The third-order valence-corrected chi connectivity index (χ3v) is 6.88. The Morgan fingerprint density at radius 2 is 1.69 bits per heavy atom. The molecule has 0 aromatic heterocycles. The van der Waals surface area contributed by atoms with Gasteiger partial charge in [0.05, 0.1) is 5.41 Å². The normalized spacial score (nSPS) is 27.1. The van der Waals surface area contributed by atoms with Gasteiger partial charge in [0.1, 0.15) is 6.61 Å². The number of fused-ring (bicyclic) bond motifs is 4. The van der Waals surface area contributed by atoms with Gasteiger partial charge in [-0.1, -0.05) is 48.5 Å². The predicted octanol–water partition coefficient (Wildman–Crippen LogP) is 4.07. The van der Waals surface area contributed by atoms with Gasteiger partial charge in [0.15, 0.2) is 0 Å². The van der Waals surface area contributed by atoms with E-state index in [-0.39, 0.29) is 38.6 Å². The molecule has 1 saturated heterocycles. The van der Waals surface area contributed by atoms with E-state index in [2.05, 4.69) is 10.6 Å². The van der Waals surface area contributed by atoms with E-state index >= 15 is 0 Å². The second-order valence-electron chi connectivity index (χ2n) is 8.32. The van der Waals surface area contributed by atoms with Gasteiger partial charge in [-0.3, -0.25) is 0 Å². The van der Waals surface area contributed by atoms with Crippen LogP contribution in [0.25, 0.3) is 11.1 Å². The van der Waals surface area contributed by atoms with E-state index < -0.39 is 23.1 Å². The van der Waals surface area contributed by atoms with Crippen LogP contribution in [0.15, 0.2) is 48.5 Å². The monoisotopic (exact) mass is 402 g/mol. The van der Waals surface area contributed by atoms with Gasteiger partial charge in [-0.15, -0.1) is 0 Å². The minimum Gasteiger partial charge on any atom is -0.449 e. The van der Waals surface area contributed by atoms with Crippen LogP contribution in [0.4, 0.5) is 18.0 Å². The van der Waals surface area contributed by atoms with Crippen LogP contribution < -0.4 is 10.6 Å². The predicted molar refractivity (Wildman–Crippen MR) is 101 cm³/mol. The van der Waals surface area contributed by atoms with Crippen molar-refractivity contribution < 1.29 is 22.7 Å². The summed E-state index contributed by atoms with van der Waals surface area (Å²) in [6.45, 7) is 0.296. The number of rotatable bonds is 4. The Kier molecular flexibility index (Phi) is 3.97. The SMILES string of the molecule is O=C(NC[C@]12CNC[C@@]1(C(F)(F)F)C2)OCC1c2ccccc2-c2ccccc21. The smallest absolute Gasteiger partial charge is 0.407 e. The molecule has 2 atom stereocenters. The molecule has 2 fully saturated rings. The first-order valence-corrected chi connectivity index (χ1v) is 9.73. The van der Waals surface area contributed by atoms with E-state index in [1.54, 1.807) is 0 Å². The van der Waals surface area contributed by atoms with Gasteiger partial charge in [-0.05, 0) is 28.7 Å². The van der Waals surface area contributed by atoms with Gasteiger partial charge in [-0.25, -0.2) is 4.79 Å². The zero-order valence-corrected chi connectivity index (χ0v) is 15.7. The van der Waals surface area contributed by atoms with Crippen molar-refractivity contribution in [1.82, 2.24) is 10.6 Å². The van der Waals surface area contributed by atoms with Gasteiger partial charge in [0.25, 0.3) is 0 Å². The number of halogens is 3. The second-order valence-corrected chi connectivity index (χ2v) is 8.32. The summed E-state index contributed by atoms with van der Waals surface area (Å²) in [5, 5.41) is 5.39. The molecule has 4 nitrogen and oxygen atoms in total. The van der Waals surface area contributed by atoms with Crippen molar-refractivity contribution in [2.45, 2.75) is 18.5 Å². The molecule has 0 bridgehead atoms. The highest BCUT2D eigenvalue weighted by Crippen LogP contribution is 2.72. The molecule has 0 radical (unpaired) electrons. The maximum absolute atomic E-state index is 13.4. The number of carbonyl (C=O) groups excluding carboxylic acids is 1. The van der Waals surface area contributed by atoms with E-state index in [1.807, 2.05) is 48.5 Å². The molecule has 7 heteroatoms. The minimum atomic E-state index is -4.26. The van der Waals surface area contributed by atoms with E-state index in [4.69, 9.17) is 4.74 Å². The summed E-state index contributed by atoms with van der Waals surface area (Å²) < 4.78 is 45.6. The molecule has 0 unspecified atom stereocenters. The maximum Gasteiger partial charge on any atom is 0.407 e. The Labute approximate surface area is 166 Å². The van der Waals surface area contributed by atoms with Gasteiger partial charge in [-0.2, -0.15) is 13.2 Å². The molecule has 2 N–H and O–H groups in total. The molecular weight excluding hydrogens is 381 g/mol. The molecule has 2 aliphatic carbocycles. The Balaban J connectivity index is 1.24. The van der Waals surface area contributed by atoms with Crippen molar-refractivity contribution in [1.29, 1.82) is 0 Å². The third-order valence-electron chi connectivity index (χ3n) is 6.88. The lowest BCUT2D eigenvalue weighted by atomic mass is 9.95. The van der Waals surface area contributed by atoms with Gasteiger partial charge < -0.3 is 15.4 Å². The zero-order chi connectivity index (χ0) is 20.3. The first-order chi connectivity index (χ1) is 13.9. The average Bonchev–Trinajstić information content (AvgIpc) is 3.06. The number of alkyl halides is 3. The summed E-state index contributed by atoms with van der Waals surface area (Å²) in [5.74, 6) is -0.0744. The minimum absolute atomic E-state index is 0.0316. The molecule has 1 amide bonds. The number of piperidine rings is 1. The van der Waals surface area contributed by atoms with Crippen molar-refractivity contribution in [3.63, 3.8) is 0 Å². The van der Waals surface area contributed by atoms with E-state index in [0.29, 0.717) is 0 Å². The van der Waals surface area contributed by atoms with Crippen LogP contribution in [0.2, 0.25) is 0 Å². The van der Waals surface area contributed by atoms with Crippen LogP contribution >= 0.6 is 0 Å². The number of ether oxygens (including phenoxy) is 1. The van der Waals surface area contributed by atoms with Crippen molar-refractivity contribution in [2.24, 2.45) is 10.8 Å². The number of nitrogens with one attached hydrogen (secondary N) is 2. The number of amides is 1. The molecule has 0 spiro atoms. The maximum atomic E-state index is 13.4. The van der Waals surface area contributed by atoms with Crippen LogP contribution in [0.1, 0.15) is 23.5 Å². The molecule has 1 heterocycles. The van der Waals surface area contributed by atoms with Gasteiger partial charge in [0.2, 0.25) is 0 Å². The Hall–Kier alpha value is -2.54. The first kappa shape index (κ1) is 18.5. The Morgan fingerprint density at radius 1 is 1.07 bits per heavy atom. The summed E-state index contributed by atoms with van der Waals surface area (Å²) in [6.07, 6.45) is -4.88. The quantitative estimate of drug-likeness (QED) is 0.811. The topological polar surface area (TPSA) is 50.4 Å². The Morgan fingerprint density at radius 3 is 2.28 bits per heavy atom. The molecule has 3 aliphatic rings. The molecule has 2 aromatic carbocycles. The fourth-order valence-electron chi connectivity index (χ4n) is 5.22. The van der Waals surface area contributed by atoms with E-state index in [9.17, 15) is 18.0 Å². The van der Waals surface area contributed by atoms with Crippen molar-refractivity contribution in [3.05, 3.63) is 59.7 Å². The zero-order valence-electron chi connectivity index (χ0n) is 15.7. The van der Waals surface area contributed by atoms with Crippen LogP contribution in [0, 0.1) is 10.8 Å². The third kappa shape index (κ3) is 2.67. The van der Waals surface area contributed by atoms with Crippen LogP contribution in [0.5, 0.6) is 0 Å². The molecule has 2 aromatic rings. The lowest BCUT2D eigenvalue weighted by Gasteiger charge is -2.21. The summed E-state index contributed by atoms with van der Waals surface area (Å²) in [5.41, 5.74) is 1.78. The van der Waals surface area contributed by atoms with E-state index in [0.717, 1.165) is 22.3 Å². The molecular formula is C22H21F3N2O2. The summed E-state index contributed by atoms with van der Waals surface area (Å²) in [7, 11) is 0. The lowest BCUT2D eigenvalue weighted by Crippen LogP contribution is -2.38. The molecule has 5 rings (SSSR count). The van der Waals surface area contributed by atoms with Gasteiger partial charge >= 0.3 is 12.3 Å². The highest BCUT2D eigenvalue weighted by Gasteiger charge is 2.81. The van der Waals surface area contributed by atoms with Crippen LogP contribution in [-0.2, 0) is 4.74 Å². The van der Waals surface area contributed by atoms with Gasteiger partial charge in [0, 0.05) is 31.0 Å². The largest absolute Gasteiger partial charge is 0.449 e. The number of alkyl carbamates (subject to hydrolysis) is 1. The Bertz CT molecular complexity index is 931. The van der Waals surface area contributed by atoms with E-state index in [1.165, 1.54) is 0 Å². The molecule has 1 aliphatic heterocycles. The van der Waals surface area contributed by atoms with Crippen LogP contribution in [-0.4, -0.2) is 38.5 Å². The number of carbonyl (C=O) groups is 1. The summed E-state index contributed by atoms with van der Waals surface area (Å²) >= 11 is 0. The highest BCUT2D eigenvalue weighted by atomic mass is 19.4. The number of hydrogen-bond donors (Lipinski definition) is 2. The van der Waals surface area contributed by atoms with Crippen LogP contribution in [0.3, 0.4) is 0 Å². The fraction of sp³-hybridized carbons (Fsp3) is 0.409. The van der Waals surface area contributed by atoms with Crippen molar-refractivity contribution in [2.75, 3.05) is 26.2 Å². The first-order valence-electron chi connectivity index (χ1n) is 9.73. The fourth-order valence-corrected chi connectivity index (χ4v) is 5.22. The van der Waals surface area contributed by atoms with Crippen molar-refractivity contribution >= 4 is 6.09 Å². The summed E-state index contributed by atoms with van der Waals surface area (Å²) in [4.78, 5) is 12.3. The second kappa shape index (κ2) is 6.23.